The van der Waals surface area contributed by atoms with Crippen LogP contribution in [-0.4, -0.2) is 12.7 Å². The van der Waals surface area contributed by atoms with Gasteiger partial charge in [-0.25, -0.2) is 12.7 Å². The summed E-state index contributed by atoms with van der Waals surface area (Å²) in [4.78, 5) is 0.280. The number of aryl methyl sites for hydroxylation is 1. The normalized spacial score (nSPS) is 10.9. The Hall–Kier alpha value is -2.25. The van der Waals surface area contributed by atoms with E-state index in [2.05, 4.69) is 18.9 Å². The van der Waals surface area contributed by atoms with E-state index in [1.165, 1.54) is 30.0 Å². The Morgan fingerprint density at radius 1 is 0.857 bits per heavy atom. The maximum absolute atomic E-state index is 13.1. The topological polar surface area (TPSA) is 37.4 Å². The smallest absolute Gasteiger partial charge is 0.220 e. The SMILES string of the molecule is CCCCCCCCC#CN(Cc1ccccc1)S(=O)(=O)c1ccc(C)cc1. The summed E-state index contributed by atoms with van der Waals surface area (Å²) in [6.45, 7) is 4.40. The van der Waals surface area contributed by atoms with Gasteiger partial charge in [-0.3, -0.25) is 0 Å². The first-order valence-electron chi connectivity index (χ1n) is 10.2. The third kappa shape index (κ3) is 7.05. The minimum absolute atomic E-state index is 0.251. The number of unbranched alkanes of at least 4 members (excludes halogenated alkanes) is 6. The molecule has 0 aliphatic rings. The molecule has 0 spiro atoms. The van der Waals surface area contributed by atoms with Crippen LogP contribution >= 0.6 is 0 Å². The van der Waals surface area contributed by atoms with E-state index in [0.29, 0.717) is 0 Å². The summed E-state index contributed by atoms with van der Waals surface area (Å²) in [7, 11) is -3.66. The van der Waals surface area contributed by atoms with E-state index in [9.17, 15) is 8.42 Å². The molecule has 0 N–H and O–H groups in total. The molecule has 0 unspecified atom stereocenters. The maximum Gasteiger partial charge on any atom is 0.271 e. The molecular weight excluding hydrogens is 366 g/mol. The molecule has 0 heterocycles. The van der Waals surface area contributed by atoms with Gasteiger partial charge in [0.1, 0.15) is 0 Å². The first-order chi connectivity index (χ1) is 13.5. The first-order valence-corrected chi connectivity index (χ1v) is 11.6. The number of sulfonamides is 1. The molecular formula is C24H31NO2S. The Morgan fingerprint density at radius 2 is 1.50 bits per heavy atom. The molecule has 2 rings (SSSR count). The maximum atomic E-state index is 13.1. The van der Waals surface area contributed by atoms with Crippen molar-refractivity contribution in [3.8, 4) is 12.0 Å². The number of hydrogen-bond acceptors (Lipinski definition) is 2. The van der Waals surface area contributed by atoms with Crippen molar-refractivity contribution >= 4 is 10.0 Å². The molecule has 150 valence electrons. The molecule has 0 radical (unpaired) electrons. The summed E-state index contributed by atoms with van der Waals surface area (Å²) >= 11 is 0. The van der Waals surface area contributed by atoms with Crippen molar-refractivity contribution in [1.29, 1.82) is 0 Å². The standard InChI is InChI=1S/C24H31NO2S/c1-3-4-5-6-7-8-9-13-20-25(21-23-14-11-10-12-15-23)28(26,27)24-18-16-22(2)17-19-24/h10-12,14-19H,3-9,21H2,1-2H3. The fourth-order valence-electron chi connectivity index (χ4n) is 2.91. The highest BCUT2D eigenvalue weighted by Crippen LogP contribution is 2.18. The fraction of sp³-hybridized carbons (Fsp3) is 0.417. The molecule has 2 aromatic rings. The molecule has 0 aliphatic heterocycles. The highest BCUT2D eigenvalue weighted by Gasteiger charge is 2.22. The van der Waals surface area contributed by atoms with Crippen LogP contribution in [0.15, 0.2) is 59.5 Å². The molecule has 0 saturated heterocycles. The summed E-state index contributed by atoms with van der Waals surface area (Å²) in [5, 5.41) is 0. The summed E-state index contributed by atoms with van der Waals surface area (Å²) < 4.78 is 27.5. The van der Waals surface area contributed by atoms with Crippen LogP contribution in [0.3, 0.4) is 0 Å². The van der Waals surface area contributed by atoms with Crippen LogP contribution in [-0.2, 0) is 16.6 Å². The van der Waals surface area contributed by atoms with Gasteiger partial charge in [-0.05, 0) is 31.0 Å². The Balaban J connectivity index is 2.09. The van der Waals surface area contributed by atoms with Crippen LogP contribution in [0.4, 0.5) is 0 Å². The van der Waals surface area contributed by atoms with E-state index in [1.807, 2.05) is 49.4 Å². The van der Waals surface area contributed by atoms with Crippen LogP contribution in [0.5, 0.6) is 0 Å². The van der Waals surface area contributed by atoms with Crippen LogP contribution in [0.2, 0.25) is 0 Å². The van der Waals surface area contributed by atoms with Gasteiger partial charge in [0.15, 0.2) is 0 Å². The quantitative estimate of drug-likeness (QED) is 0.284. The van der Waals surface area contributed by atoms with Crippen LogP contribution < -0.4 is 0 Å². The van der Waals surface area contributed by atoms with Gasteiger partial charge in [0, 0.05) is 12.5 Å². The van der Waals surface area contributed by atoms with Crippen LogP contribution in [0, 0.1) is 18.9 Å². The Labute approximate surface area is 170 Å². The van der Waals surface area contributed by atoms with E-state index in [1.54, 1.807) is 12.1 Å². The largest absolute Gasteiger partial charge is 0.271 e. The van der Waals surface area contributed by atoms with Gasteiger partial charge in [0.25, 0.3) is 10.0 Å². The fourth-order valence-corrected chi connectivity index (χ4v) is 4.15. The second-order valence-corrected chi connectivity index (χ2v) is 8.98. The van der Waals surface area contributed by atoms with Gasteiger partial charge in [-0.2, -0.15) is 0 Å². The minimum Gasteiger partial charge on any atom is -0.220 e. The van der Waals surface area contributed by atoms with E-state index in [4.69, 9.17) is 0 Å². The van der Waals surface area contributed by atoms with E-state index >= 15 is 0 Å². The molecule has 0 atom stereocenters. The lowest BCUT2D eigenvalue weighted by molar-refractivity contribution is 0.508. The van der Waals surface area contributed by atoms with Crippen molar-refractivity contribution in [3.05, 3.63) is 65.7 Å². The number of hydrogen-bond donors (Lipinski definition) is 0. The Kier molecular flexibility index (Phi) is 9.10. The average molecular weight is 398 g/mol. The number of benzene rings is 2. The molecule has 0 aromatic heterocycles. The zero-order valence-corrected chi connectivity index (χ0v) is 17.8. The van der Waals surface area contributed by atoms with Crippen molar-refractivity contribution < 1.29 is 8.42 Å². The second-order valence-electron chi connectivity index (χ2n) is 7.12. The third-order valence-electron chi connectivity index (χ3n) is 4.64. The summed E-state index contributed by atoms with van der Waals surface area (Å²) in [6, 6.07) is 19.4. The molecule has 0 saturated carbocycles. The van der Waals surface area contributed by atoms with Gasteiger partial charge in [0.2, 0.25) is 0 Å². The molecule has 3 nitrogen and oxygen atoms in total. The van der Waals surface area contributed by atoms with E-state index < -0.39 is 10.0 Å². The van der Waals surface area contributed by atoms with Crippen LogP contribution in [0.25, 0.3) is 0 Å². The lowest BCUT2D eigenvalue weighted by atomic mass is 10.1. The van der Waals surface area contributed by atoms with Gasteiger partial charge < -0.3 is 0 Å². The van der Waals surface area contributed by atoms with Crippen molar-refractivity contribution in [3.63, 3.8) is 0 Å². The third-order valence-corrected chi connectivity index (χ3v) is 6.31. The Morgan fingerprint density at radius 3 is 2.18 bits per heavy atom. The van der Waals surface area contributed by atoms with Crippen molar-refractivity contribution in [2.24, 2.45) is 0 Å². The average Bonchev–Trinajstić information content (AvgIpc) is 2.70. The predicted octanol–water partition coefficient (Wildman–Crippen LogP) is 5.90. The molecule has 0 bridgehead atoms. The van der Waals surface area contributed by atoms with Crippen molar-refractivity contribution in [1.82, 2.24) is 4.31 Å². The lowest BCUT2D eigenvalue weighted by Crippen LogP contribution is -2.26. The van der Waals surface area contributed by atoms with Gasteiger partial charge in [0.05, 0.1) is 11.4 Å². The van der Waals surface area contributed by atoms with E-state index in [0.717, 1.165) is 30.4 Å². The predicted molar refractivity (Wildman–Crippen MR) is 116 cm³/mol. The number of nitrogens with zero attached hydrogens (tertiary/aromatic N) is 1. The lowest BCUT2D eigenvalue weighted by Gasteiger charge is -2.18. The Bertz CT molecular complexity index is 862. The molecule has 2 aromatic carbocycles. The van der Waals surface area contributed by atoms with Gasteiger partial charge in [-0.15, -0.1) is 0 Å². The molecule has 0 fully saturated rings. The first kappa shape index (κ1) is 22.0. The highest BCUT2D eigenvalue weighted by atomic mass is 32.2. The molecule has 0 amide bonds. The summed E-state index contributed by atoms with van der Waals surface area (Å²) in [5.41, 5.74) is 1.95. The summed E-state index contributed by atoms with van der Waals surface area (Å²) in [5.74, 6) is 3.08. The van der Waals surface area contributed by atoms with E-state index in [-0.39, 0.29) is 11.4 Å². The van der Waals surface area contributed by atoms with Gasteiger partial charge >= 0.3 is 0 Å². The summed E-state index contributed by atoms with van der Waals surface area (Å²) in [6.07, 6.45) is 7.91. The van der Waals surface area contributed by atoms with Crippen molar-refractivity contribution in [2.75, 3.05) is 0 Å². The van der Waals surface area contributed by atoms with Crippen LogP contribution in [0.1, 0.15) is 63.0 Å². The van der Waals surface area contributed by atoms with Gasteiger partial charge in [-0.1, -0.05) is 93.0 Å². The monoisotopic (exact) mass is 397 g/mol. The molecule has 4 heteroatoms. The van der Waals surface area contributed by atoms with Crippen molar-refractivity contribution in [2.45, 2.75) is 70.2 Å². The zero-order valence-electron chi connectivity index (χ0n) is 17.0. The second kappa shape index (κ2) is 11.6. The molecule has 28 heavy (non-hydrogen) atoms. The zero-order chi connectivity index (χ0) is 20.2. The number of rotatable bonds is 10. The molecule has 0 aliphatic carbocycles. The highest BCUT2D eigenvalue weighted by molar-refractivity contribution is 7.89. The minimum atomic E-state index is -3.66.